The number of hydrogen-bond donors (Lipinski definition) is 2. The lowest BCUT2D eigenvalue weighted by atomic mass is 10.2. The Morgan fingerprint density at radius 3 is 2.96 bits per heavy atom. The average molecular weight is 329 g/mol. The molecular formula is C17H15NO4S. The van der Waals surface area contributed by atoms with Crippen LogP contribution in [0, 0.1) is 0 Å². The molecule has 23 heavy (non-hydrogen) atoms. The molecule has 1 amide bonds. The van der Waals surface area contributed by atoms with Gasteiger partial charge in [0.25, 0.3) is 0 Å². The summed E-state index contributed by atoms with van der Waals surface area (Å²) in [5.74, 6) is 1.40. The summed E-state index contributed by atoms with van der Waals surface area (Å²) in [6.07, 6.45) is 3.54. The summed E-state index contributed by atoms with van der Waals surface area (Å²) in [6, 6.07) is 10.9. The number of rotatable bonds is 6. The highest BCUT2D eigenvalue weighted by Crippen LogP contribution is 2.28. The van der Waals surface area contributed by atoms with Crippen molar-refractivity contribution in [3.63, 3.8) is 0 Å². The second-order valence-electron chi connectivity index (χ2n) is 4.79. The van der Waals surface area contributed by atoms with Gasteiger partial charge in [-0.05, 0) is 41.8 Å². The highest BCUT2D eigenvalue weighted by Gasteiger charge is 2.14. The number of carbonyl (C=O) groups is 1. The summed E-state index contributed by atoms with van der Waals surface area (Å²) in [6.45, 7) is 0.0682. The number of furan rings is 2. The smallest absolute Gasteiger partial charge is 0.244 e. The molecule has 0 aromatic carbocycles. The van der Waals surface area contributed by atoms with Crippen molar-refractivity contribution in [3.8, 4) is 10.6 Å². The van der Waals surface area contributed by atoms with Crippen molar-refractivity contribution in [1.29, 1.82) is 0 Å². The van der Waals surface area contributed by atoms with Crippen LogP contribution in [0.3, 0.4) is 0 Å². The van der Waals surface area contributed by atoms with Crippen molar-refractivity contribution in [2.45, 2.75) is 6.10 Å². The van der Waals surface area contributed by atoms with Crippen molar-refractivity contribution >= 4 is 23.3 Å². The van der Waals surface area contributed by atoms with Gasteiger partial charge in [-0.15, -0.1) is 11.3 Å². The van der Waals surface area contributed by atoms with Gasteiger partial charge in [-0.2, -0.15) is 0 Å². The molecule has 0 radical (unpaired) electrons. The summed E-state index contributed by atoms with van der Waals surface area (Å²) in [5, 5.41) is 14.7. The van der Waals surface area contributed by atoms with Crippen LogP contribution in [-0.4, -0.2) is 17.6 Å². The lowest BCUT2D eigenvalue weighted by molar-refractivity contribution is -0.116. The summed E-state index contributed by atoms with van der Waals surface area (Å²) in [4.78, 5) is 12.7. The number of aliphatic hydroxyl groups is 1. The van der Waals surface area contributed by atoms with Crippen LogP contribution in [0.2, 0.25) is 0 Å². The molecule has 0 saturated carbocycles. The number of aliphatic hydroxyl groups excluding tert-OH is 1. The molecular weight excluding hydrogens is 314 g/mol. The normalized spacial score (nSPS) is 12.6. The first-order chi connectivity index (χ1) is 11.2. The van der Waals surface area contributed by atoms with E-state index < -0.39 is 6.10 Å². The van der Waals surface area contributed by atoms with Gasteiger partial charge in [0.1, 0.15) is 23.4 Å². The Balaban J connectivity index is 1.53. The molecule has 1 unspecified atom stereocenters. The summed E-state index contributed by atoms with van der Waals surface area (Å²) in [5.41, 5.74) is 0. The van der Waals surface area contributed by atoms with Gasteiger partial charge in [0.15, 0.2) is 0 Å². The zero-order valence-corrected chi connectivity index (χ0v) is 13.0. The average Bonchev–Trinajstić information content (AvgIpc) is 3.31. The van der Waals surface area contributed by atoms with Crippen LogP contribution in [0.1, 0.15) is 17.6 Å². The van der Waals surface area contributed by atoms with Crippen LogP contribution in [-0.2, 0) is 4.79 Å². The molecule has 0 spiro atoms. The molecule has 3 rings (SSSR count). The maximum atomic E-state index is 11.7. The van der Waals surface area contributed by atoms with Crippen molar-refractivity contribution in [2.24, 2.45) is 0 Å². The molecule has 0 fully saturated rings. The topological polar surface area (TPSA) is 75.6 Å². The lowest BCUT2D eigenvalue weighted by Crippen LogP contribution is -2.26. The largest absolute Gasteiger partial charge is 0.465 e. The van der Waals surface area contributed by atoms with E-state index in [0.717, 1.165) is 4.88 Å². The number of nitrogens with one attached hydrogen (secondary N) is 1. The van der Waals surface area contributed by atoms with Crippen molar-refractivity contribution in [1.82, 2.24) is 5.32 Å². The predicted molar refractivity (Wildman–Crippen MR) is 87.7 cm³/mol. The highest BCUT2D eigenvalue weighted by molar-refractivity contribution is 7.13. The monoisotopic (exact) mass is 329 g/mol. The van der Waals surface area contributed by atoms with E-state index in [1.165, 1.54) is 12.3 Å². The first kappa shape index (κ1) is 15.3. The van der Waals surface area contributed by atoms with Crippen LogP contribution in [0.4, 0.5) is 0 Å². The van der Waals surface area contributed by atoms with E-state index in [-0.39, 0.29) is 12.5 Å². The zero-order chi connectivity index (χ0) is 16.1. The van der Waals surface area contributed by atoms with E-state index in [0.29, 0.717) is 17.3 Å². The molecule has 0 aliphatic rings. The minimum Gasteiger partial charge on any atom is -0.465 e. The van der Waals surface area contributed by atoms with Gasteiger partial charge in [0, 0.05) is 6.08 Å². The number of hydrogen-bond acceptors (Lipinski definition) is 5. The third-order valence-electron chi connectivity index (χ3n) is 3.13. The standard InChI is InChI=1S/C17H15NO4S/c19-13(11-18-17(20)8-5-12-3-1-9-21-12)14-6-7-15(22-14)16-4-2-10-23-16/h1-10,13,19H,11H2,(H,18,20)/b8-5+. The van der Waals surface area contributed by atoms with Crippen LogP contribution in [0.5, 0.6) is 0 Å². The molecule has 3 aromatic heterocycles. The maximum absolute atomic E-state index is 11.7. The first-order valence-corrected chi connectivity index (χ1v) is 7.91. The number of thiophene rings is 1. The quantitative estimate of drug-likeness (QED) is 0.679. The van der Waals surface area contributed by atoms with Gasteiger partial charge in [-0.3, -0.25) is 4.79 Å². The van der Waals surface area contributed by atoms with Crippen molar-refractivity contribution < 1.29 is 18.7 Å². The fourth-order valence-electron chi connectivity index (χ4n) is 1.98. The second kappa shape index (κ2) is 7.13. The van der Waals surface area contributed by atoms with Crippen molar-refractivity contribution in [2.75, 3.05) is 6.54 Å². The van der Waals surface area contributed by atoms with Gasteiger partial charge in [0.05, 0.1) is 17.7 Å². The second-order valence-corrected chi connectivity index (χ2v) is 5.74. The lowest BCUT2D eigenvalue weighted by Gasteiger charge is -2.08. The Kier molecular flexibility index (Phi) is 4.75. The number of carbonyl (C=O) groups excluding carboxylic acids is 1. The molecule has 0 saturated heterocycles. The van der Waals surface area contributed by atoms with E-state index in [1.54, 1.807) is 35.6 Å². The SMILES string of the molecule is O=C(/C=C/c1ccco1)NCC(O)c1ccc(-c2cccs2)o1. The fraction of sp³-hybridized carbons (Fsp3) is 0.118. The molecule has 0 aliphatic carbocycles. The minimum atomic E-state index is -0.898. The van der Waals surface area contributed by atoms with E-state index in [1.807, 2.05) is 23.6 Å². The summed E-state index contributed by atoms with van der Waals surface area (Å²) < 4.78 is 10.7. The Morgan fingerprint density at radius 1 is 1.30 bits per heavy atom. The van der Waals surface area contributed by atoms with E-state index in [2.05, 4.69) is 5.32 Å². The Labute approximate surface area is 136 Å². The van der Waals surface area contributed by atoms with Crippen LogP contribution < -0.4 is 5.32 Å². The zero-order valence-electron chi connectivity index (χ0n) is 12.1. The fourth-order valence-corrected chi connectivity index (χ4v) is 2.67. The molecule has 3 aromatic rings. The first-order valence-electron chi connectivity index (χ1n) is 7.03. The highest BCUT2D eigenvalue weighted by atomic mass is 32.1. The van der Waals surface area contributed by atoms with E-state index in [4.69, 9.17) is 8.83 Å². The molecule has 5 nitrogen and oxygen atoms in total. The molecule has 1 atom stereocenters. The Hall–Kier alpha value is -2.57. The van der Waals surface area contributed by atoms with Gasteiger partial charge >= 0.3 is 0 Å². The van der Waals surface area contributed by atoms with Gasteiger partial charge in [-0.25, -0.2) is 0 Å². The third-order valence-corrected chi connectivity index (χ3v) is 4.02. The molecule has 118 valence electrons. The third kappa shape index (κ3) is 4.00. The van der Waals surface area contributed by atoms with Crippen molar-refractivity contribution in [3.05, 3.63) is 65.6 Å². The minimum absolute atomic E-state index is 0.0682. The molecule has 0 aliphatic heterocycles. The molecule has 2 N–H and O–H groups in total. The summed E-state index contributed by atoms with van der Waals surface area (Å²) >= 11 is 1.56. The van der Waals surface area contributed by atoms with Crippen LogP contribution in [0.25, 0.3) is 16.7 Å². The van der Waals surface area contributed by atoms with Crippen LogP contribution >= 0.6 is 11.3 Å². The van der Waals surface area contributed by atoms with Crippen LogP contribution in [0.15, 0.2) is 63.0 Å². The predicted octanol–water partition coefficient (Wildman–Crippen LogP) is 3.46. The van der Waals surface area contributed by atoms with Gasteiger partial charge < -0.3 is 19.3 Å². The molecule has 3 heterocycles. The van der Waals surface area contributed by atoms with Gasteiger partial charge in [-0.1, -0.05) is 6.07 Å². The number of amides is 1. The van der Waals surface area contributed by atoms with E-state index in [9.17, 15) is 9.90 Å². The summed E-state index contributed by atoms with van der Waals surface area (Å²) in [7, 11) is 0. The Morgan fingerprint density at radius 2 is 2.22 bits per heavy atom. The maximum Gasteiger partial charge on any atom is 0.244 e. The molecule has 6 heteroatoms. The molecule has 0 bridgehead atoms. The van der Waals surface area contributed by atoms with E-state index >= 15 is 0 Å². The Bertz CT molecular complexity index is 772. The van der Waals surface area contributed by atoms with Gasteiger partial charge in [0.2, 0.25) is 5.91 Å².